The van der Waals surface area contributed by atoms with Crippen molar-refractivity contribution in [1.82, 2.24) is 19.4 Å². The van der Waals surface area contributed by atoms with Gasteiger partial charge in [0.25, 0.3) is 0 Å². The second-order valence-electron chi connectivity index (χ2n) is 6.82. The number of hydrogen-bond donors (Lipinski definition) is 2. The minimum atomic E-state index is -5.26. The molecule has 0 aliphatic rings. The van der Waals surface area contributed by atoms with Crippen molar-refractivity contribution in [2.45, 2.75) is 31.3 Å². The molecular weight excluding hydrogens is 417 g/mol. The Hall–Kier alpha value is -2.43. The zero-order chi connectivity index (χ0) is 21.6. The van der Waals surface area contributed by atoms with Crippen LogP contribution in [-0.2, 0) is 16.6 Å². The fourth-order valence-corrected chi connectivity index (χ4v) is 3.59. The molecule has 0 saturated carbocycles. The maximum atomic E-state index is 12.2. The first kappa shape index (κ1) is 22.3. The Balaban J connectivity index is 1.44. The molecule has 6 nitrogen and oxygen atoms in total. The van der Waals surface area contributed by atoms with Crippen molar-refractivity contribution in [1.29, 1.82) is 0 Å². The van der Waals surface area contributed by atoms with E-state index in [0.717, 1.165) is 29.0 Å². The van der Waals surface area contributed by atoms with Crippen molar-refractivity contribution in [3.63, 3.8) is 0 Å². The number of nitrogens with one attached hydrogen (secondary N) is 2. The number of imidazole rings is 1. The van der Waals surface area contributed by atoms with Crippen LogP contribution in [-0.4, -0.2) is 36.4 Å². The average Bonchev–Trinajstić information content (AvgIpc) is 3.15. The topological polar surface area (TPSA) is 75.5 Å². The first-order valence-electron chi connectivity index (χ1n) is 9.57. The van der Waals surface area contributed by atoms with Gasteiger partial charge < -0.3 is 9.72 Å². The van der Waals surface area contributed by atoms with Crippen molar-refractivity contribution < 1.29 is 21.6 Å². The van der Waals surface area contributed by atoms with Gasteiger partial charge in [0.05, 0.1) is 5.69 Å². The van der Waals surface area contributed by atoms with E-state index in [9.17, 15) is 21.6 Å². The Labute approximate surface area is 173 Å². The SMILES string of the molecule is O=S(=O)(NCCCCCNCc1cccc2nc(-c3ccccc3)cn12)C(F)(F)F. The number of alkyl halides is 3. The molecule has 162 valence electrons. The molecule has 0 bridgehead atoms. The molecule has 2 heterocycles. The molecule has 2 aromatic heterocycles. The van der Waals surface area contributed by atoms with Crippen molar-refractivity contribution >= 4 is 15.7 Å². The van der Waals surface area contributed by atoms with Crippen molar-refractivity contribution in [2.24, 2.45) is 0 Å². The molecule has 3 aromatic rings. The van der Waals surface area contributed by atoms with Crippen LogP contribution in [0.1, 0.15) is 25.0 Å². The van der Waals surface area contributed by atoms with Gasteiger partial charge in [-0.15, -0.1) is 0 Å². The lowest BCUT2D eigenvalue weighted by Crippen LogP contribution is -2.36. The minimum Gasteiger partial charge on any atom is -0.311 e. The standard InChI is InChI=1S/C20H23F3N4O2S/c21-20(22,23)30(28,29)25-13-6-2-5-12-24-14-17-10-7-11-19-26-18(15-27(17)19)16-8-3-1-4-9-16/h1,3-4,7-11,15,24-25H,2,5-6,12-14H2. The van der Waals surface area contributed by atoms with E-state index in [1.165, 1.54) is 0 Å². The Morgan fingerprint density at radius 1 is 0.933 bits per heavy atom. The molecule has 0 aliphatic heterocycles. The molecule has 2 N–H and O–H groups in total. The number of unbranched alkanes of at least 4 members (excludes halogenated alkanes) is 2. The van der Waals surface area contributed by atoms with Gasteiger partial charge in [0, 0.05) is 30.5 Å². The number of aromatic nitrogens is 2. The van der Waals surface area contributed by atoms with Crippen LogP contribution in [0.3, 0.4) is 0 Å². The third-order valence-corrected chi connectivity index (χ3v) is 5.77. The van der Waals surface area contributed by atoms with Gasteiger partial charge in [-0.05, 0) is 31.5 Å². The van der Waals surface area contributed by atoms with E-state index in [4.69, 9.17) is 0 Å². The predicted octanol–water partition coefficient (Wildman–Crippen LogP) is 3.70. The molecule has 10 heteroatoms. The number of halogens is 3. The maximum Gasteiger partial charge on any atom is 0.511 e. The summed E-state index contributed by atoms with van der Waals surface area (Å²) in [4.78, 5) is 4.66. The molecule has 0 aliphatic carbocycles. The lowest BCUT2D eigenvalue weighted by molar-refractivity contribution is -0.0447. The summed E-state index contributed by atoms with van der Waals surface area (Å²) in [6, 6.07) is 15.8. The first-order chi connectivity index (χ1) is 14.3. The summed E-state index contributed by atoms with van der Waals surface area (Å²) < 4.78 is 62.0. The van der Waals surface area contributed by atoms with E-state index in [0.29, 0.717) is 25.9 Å². The highest BCUT2D eigenvalue weighted by atomic mass is 32.2. The van der Waals surface area contributed by atoms with Gasteiger partial charge in [0.15, 0.2) is 0 Å². The van der Waals surface area contributed by atoms with Crippen LogP contribution in [0.5, 0.6) is 0 Å². The van der Waals surface area contributed by atoms with Gasteiger partial charge in [0.1, 0.15) is 5.65 Å². The molecule has 3 rings (SSSR count). The normalized spacial score (nSPS) is 12.5. The number of nitrogens with zero attached hydrogens (tertiary/aromatic N) is 2. The smallest absolute Gasteiger partial charge is 0.311 e. The Morgan fingerprint density at radius 2 is 1.67 bits per heavy atom. The van der Waals surface area contributed by atoms with E-state index >= 15 is 0 Å². The molecule has 0 radical (unpaired) electrons. The molecule has 0 saturated heterocycles. The Bertz CT molecular complexity index is 1070. The van der Waals surface area contributed by atoms with E-state index < -0.39 is 15.5 Å². The predicted molar refractivity (Wildman–Crippen MR) is 109 cm³/mol. The highest BCUT2D eigenvalue weighted by molar-refractivity contribution is 7.90. The van der Waals surface area contributed by atoms with E-state index in [2.05, 4.69) is 10.3 Å². The second kappa shape index (κ2) is 9.59. The molecule has 0 spiro atoms. The molecule has 0 unspecified atom stereocenters. The molecule has 0 amide bonds. The highest BCUT2D eigenvalue weighted by Gasteiger charge is 2.45. The molecule has 1 aromatic carbocycles. The van der Waals surface area contributed by atoms with E-state index in [1.54, 1.807) is 4.72 Å². The monoisotopic (exact) mass is 440 g/mol. The highest BCUT2D eigenvalue weighted by Crippen LogP contribution is 2.21. The number of sulfonamides is 1. The number of rotatable bonds is 10. The Kier molecular flexibility index (Phi) is 7.11. The summed E-state index contributed by atoms with van der Waals surface area (Å²) in [5.41, 5.74) is -1.43. The van der Waals surface area contributed by atoms with Gasteiger partial charge in [-0.25, -0.2) is 18.1 Å². The largest absolute Gasteiger partial charge is 0.511 e. The summed E-state index contributed by atoms with van der Waals surface area (Å²) in [6.45, 7) is 1.06. The van der Waals surface area contributed by atoms with E-state index in [1.807, 2.05) is 59.1 Å². The van der Waals surface area contributed by atoms with Crippen LogP contribution in [0.4, 0.5) is 13.2 Å². The quantitative estimate of drug-likeness (QED) is 0.472. The van der Waals surface area contributed by atoms with Crippen molar-refractivity contribution in [3.8, 4) is 11.3 Å². The number of fused-ring (bicyclic) bond motifs is 1. The Morgan fingerprint density at radius 3 is 2.40 bits per heavy atom. The van der Waals surface area contributed by atoms with Gasteiger partial charge in [-0.1, -0.05) is 42.8 Å². The molecule has 30 heavy (non-hydrogen) atoms. The van der Waals surface area contributed by atoms with Crippen LogP contribution in [0, 0.1) is 0 Å². The van der Waals surface area contributed by atoms with Gasteiger partial charge in [0.2, 0.25) is 0 Å². The van der Waals surface area contributed by atoms with Crippen LogP contribution in [0.2, 0.25) is 0 Å². The van der Waals surface area contributed by atoms with Crippen LogP contribution < -0.4 is 10.0 Å². The van der Waals surface area contributed by atoms with Gasteiger partial charge in [-0.2, -0.15) is 13.2 Å². The molecular formula is C20H23F3N4O2S. The van der Waals surface area contributed by atoms with Gasteiger partial charge >= 0.3 is 15.5 Å². The zero-order valence-electron chi connectivity index (χ0n) is 16.2. The number of hydrogen-bond acceptors (Lipinski definition) is 4. The zero-order valence-corrected chi connectivity index (χ0v) is 17.0. The van der Waals surface area contributed by atoms with E-state index in [-0.39, 0.29) is 6.54 Å². The third-order valence-electron chi connectivity index (χ3n) is 4.58. The van der Waals surface area contributed by atoms with Crippen LogP contribution >= 0.6 is 0 Å². The summed E-state index contributed by atoms with van der Waals surface area (Å²) in [5, 5.41) is 3.31. The molecule has 0 atom stereocenters. The number of benzene rings is 1. The van der Waals surface area contributed by atoms with Crippen LogP contribution in [0.15, 0.2) is 54.7 Å². The third kappa shape index (κ3) is 5.59. The summed E-state index contributed by atoms with van der Waals surface area (Å²) in [6.07, 6.45) is 3.67. The number of pyridine rings is 1. The lowest BCUT2D eigenvalue weighted by atomic mass is 10.2. The summed E-state index contributed by atoms with van der Waals surface area (Å²) in [7, 11) is -5.24. The molecule has 0 fully saturated rings. The fraction of sp³-hybridized carbons (Fsp3) is 0.350. The first-order valence-corrected chi connectivity index (χ1v) is 11.1. The van der Waals surface area contributed by atoms with Crippen molar-refractivity contribution in [3.05, 3.63) is 60.4 Å². The maximum absolute atomic E-state index is 12.2. The average molecular weight is 440 g/mol. The minimum absolute atomic E-state index is 0.224. The fourth-order valence-electron chi connectivity index (χ4n) is 3.02. The summed E-state index contributed by atoms with van der Waals surface area (Å²) >= 11 is 0. The van der Waals surface area contributed by atoms with Crippen LogP contribution in [0.25, 0.3) is 16.9 Å². The second-order valence-corrected chi connectivity index (χ2v) is 8.58. The summed E-state index contributed by atoms with van der Waals surface area (Å²) in [5.74, 6) is 0. The van der Waals surface area contributed by atoms with Crippen molar-refractivity contribution in [2.75, 3.05) is 13.1 Å². The lowest BCUT2D eigenvalue weighted by Gasteiger charge is -2.09. The van der Waals surface area contributed by atoms with Gasteiger partial charge in [-0.3, -0.25) is 0 Å².